The minimum Gasteiger partial charge on any atom is -0.384 e. The van der Waals surface area contributed by atoms with E-state index >= 15 is 0 Å². The average Bonchev–Trinajstić information content (AvgIpc) is 2.61. The Kier molecular flexibility index (Phi) is 6.53. The van der Waals surface area contributed by atoms with E-state index in [-0.39, 0.29) is 5.82 Å². The lowest BCUT2D eigenvalue weighted by molar-refractivity contribution is 0.0617. The van der Waals surface area contributed by atoms with Crippen LogP contribution in [0.15, 0.2) is 53.5 Å². The zero-order valence-corrected chi connectivity index (χ0v) is 15.0. The van der Waals surface area contributed by atoms with E-state index in [0.29, 0.717) is 31.2 Å². The fourth-order valence-corrected chi connectivity index (χ4v) is 2.47. The van der Waals surface area contributed by atoms with Crippen LogP contribution in [0, 0.1) is 12.7 Å². The number of nitrogens with one attached hydrogen (secondary N) is 2. The Labute approximate surface area is 148 Å². The predicted octanol–water partition coefficient (Wildman–Crippen LogP) is 3.10. The van der Waals surface area contributed by atoms with Gasteiger partial charge in [-0.3, -0.25) is 0 Å². The Morgan fingerprint density at radius 2 is 1.88 bits per heavy atom. The number of aliphatic imine (C=N–C) groups is 1. The zero-order chi connectivity index (χ0) is 18.3. The van der Waals surface area contributed by atoms with Gasteiger partial charge >= 0.3 is 0 Å². The van der Waals surface area contributed by atoms with Crippen molar-refractivity contribution in [3.63, 3.8) is 0 Å². The van der Waals surface area contributed by atoms with Gasteiger partial charge in [0.2, 0.25) is 0 Å². The highest BCUT2D eigenvalue weighted by molar-refractivity contribution is 5.79. The van der Waals surface area contributed by atoms with Crippen LogP contribution in [0.4, 0.5) is 4.39 Å². The molecule has 0 aliphatic carbocycles. The fraction of sp³-hybridized carbons (Fsp3) is 0.350. The zero-order valence-electron chi connectivity index (χ0n) is 15.0. The third-order valence-corrected chi connectivity index (χ3v) is 3.98. The molecule has 2 aromatic carbocycles. The number of nitrogens with zero attached hydrogens (tertiary/aromatic N) is 1. The smallest absolute Gasteiger partial charge is 0.191 e. The van der Waals surface area contributed by atoms with Crippen LogP contribution in [-0.2, 0) is 12.1 Å². The SMILES string of the molecule is CCNC(=NCc1ccc(F)c(C)c1)NCC(C)(O)c1ccccc1. The summed E-state index contributed by atoms with van der Waals surface area (Å²) in [5, 5.41) is 17.0. The van der Waals surface area contributed by atoms with E-state index in [9.17, 15) is 9.50 Å². The summed E-state index contributed by atoms with van der Waals surface area (Å²) in [6, 6.07) is 14.5. The molecule has 2 rings (SSSR count). The van der Waals surface area contributed by atoms with Gasteiger partial charge in [0.15, 0.2) is 5.96 Å². The average molecular weight is 343 g/mol. The van der Waals surface area contributed by atoms with Crippen LogP contribution in [-0.4, -0.2) is 24.2 Å². The molecule has 0 amide bonds. The first-order chi connectivity index (χ1) is 11.9. The van der Waals surface area contributed by atoms with Gasteiger partial charge in [-0.25, -0.2) is 9.38 Å². The molecular weight excluding hydrogens is 317 g/mol. The topological polar surface area (TPSA) is 56.7 Å². The van der Waals surface area contributed by atoms with Crippen molar-refractivity contribution in [1.29, 1.82) is 0 Å². The van der Waals surface area contributed by atoms with E-state index in [4.69, 9.17) is 0 Å². The molecule has 0 spiro atoms. The fourth-order valence-electron chi connectivity index (χ4n) is 2.47. The number of hydrogen-bond donors (Lipinski definition) is 3. The predicted molar refractivity (Wildman–Crippen MR) is 100.0 cm³/mol. The Bertz CT molecular complexity index is 714. The number of benzene rings is 2. The monoisotopic (exact) mass is 343 g/mol. The van der Waals surface area contributed by atoms with Crippen molar-refractivity contribution in [3.05, 3.63) is 71.0 Å². The molecule has 5 heteroatoms. The van der Waals surface area contributed by atoms with E-state index < -0.39 is 5.60 Å². The maximum absolute atomic E-state index is 13.3. The molecule has 0 saturated heterocycles. The summed E-state index contributed by atoms with van der Waals surface area (Å²) in [5.41, 5.74) is 1.38. The van der Waals surface area contributed by atoms with Crippen molar-refractivity contribution >= 4 is 5.96 Å². The quantitative estimate of drug-likeness (QED) is 0.558. The highest BCUT2D eigenvalue weighted by atomic mass is 19.1. The Morgan fingerprint density at radius 3 is 2.52 bits per heavy atom. The summed E-state index contributed by atoms with van der Waals surface area (Å²) in [6.07, 6.45) is 0. The molecule has 0 aromatic heterocycles. The van der Waals surface area contributed by atoms with E-state index in [1.165, 1.54) is 6.07 Å². The lowest BCUT2D eigenvalue weighted by atomic mass is 9.96. The maximum Gasteiger partial charge on any atom is 0.191 e. The summed E-state index contributed by atoms with van der Waals surface area (Å²) in [6.45, 7) is 6.96. The molecule has 3 N–H and O–H groups in total. The third kappa shape index (κ3) is 5.57. The summed E-state index contributed by atoms with van der Waals surface area (Å²) in [7, 11) is 0. The summed E-state index contributed by atoms with van der Waals surface area (Å²) >= 11 is 0. The van der Waals surface area contributed by atoms with Crippen molar-refractivity contribution in [2.24, 2.45) is 4.99 Å². The number of aliphatic hydroxyl groups is 1. The molecule has 134 valence electrons. The molecule has 1 unspecified atom stereocenters. The molecule has 0 heterocycles. The molecule has 0 aliphatic rings. The highest BCUT2D eigenvalue weighted by Gasteiger charge is 2.22. The van der Waals surface area contributed by atoms with Gasteiger partial charge in [0, 0.05) is 6.54 Å². The van der Waals surface area contributed by atoms with Gasteiger partial charge in [-0.2, -0.15) is 0 Å². The maximum atomic E-state index is 13.3. The number of guanidine groups is 1. The first-order valence-electron chi connectivity index (χ1n) is 8.47. The second-order valence-corrected chi connectivity index (χ2v) is 6.27. The molecule has 2 aromatic rings. The van der Waals surface area contributed by atoms with Gasteiger partial charge in [0.05, 0.1) is 13.1 Å². The Hall–Kier alpha value is -2.40. The molecule has 4 nitrogen and oxygen atoms in total. The van der Waals surface area contributed by atoms with Gasteiger partial charge in [-0.05, 0) is 43.5 Å². The van der Waals surface area contributed by atoms with Crippen molar-refractivity contribution in [1.82, 2.24) is 10.6 Å². The van der Waals surface area contributed by atoms with E-state index in [0.717, 1.165) is 11.1 Å². The largest absolute Gasteiger partial charge is 0.384 e. The minimum atomic E-state index is -1.01. The second-order valence-electron chi connectivity index (χ2n) is 6.27. The number of hydrogen-bond acceptors (Lipinski definition) is 2. The first-order valence-corrected chi connectivity index (χ1v) is 8.47. The van der Waals surface area contributed by atoms with Gasteiger partial charge in [-0.1, -0.05) is 42.5 Å². The lowest BCUT2D eigenvalue weighted by Crippen LogP contribution is -2.44. The van der Waals surface area contributed by atoms with Crippen molar-refractivity contribution in [3.8, 4) is 0 Å². The van der Waals surface area contributed by atoms with Gasteiger partial charge in [0.1, 0.15) is 11.4 Å². The van der Waals surface area contributed by atoms with Gasteiger partial charge < -0.3 is 15.7 Å². The molecule has 0 saturated carbocycles. The number of halogens is 1. The van der Waals surface area contributed by atoms with E-state index in [1.54, 1.807) is 26.0 Å². The summed E-state index contributed by atoms with van der Waals surface area (Å²) < 4.78 is 13.3. The van der Waals surface area contributed by atoms with Crippen LogP contribution >= 0.6 is 0 Å². The van der Waals surface area contributed by atoms with Crippen LogP contribution in [0.25, 0.3) is 0 Å². The van der Waals surface area contributed by atoms with E-state index in [1.807, 2.05) is 37.3 Å². The van der Waals surface area contributed by atoms with Crippen molar-refractivity contribution < 1.29 is 9.50 Å². The normalized spacial score (nSPS) is 14.0. The minimum absolute atomic E-state index is 0.211. The summed E-state index contributed by atoms with van der Waals surface area (Å²) in [4.78, 5) is 4.51. The first kappa shape index (κ1) is 18.9. The standard InChI is InChI=1S/C20H26FN3O/c1-4-22-19(23-13-16-10-11-18(21)15(2)12-16)24-14-20(3,25)17-8-6-5-7-9-17/h5-12,25H,4,13-14H2,1-3H3,(H2,22,23,24). The molecule has 0 bridgehead atoms. The number of rotatable bonds is 6. The molecular formula is C20H26FN3O. The second kappa shape index (κ2) is 8.62. The van der Waals surface area contributed by atoms with E-state index in [2.05, 4.69) is 15.6 Å². The van der Waals surface area contributed by atoms with Gasteiger partial charge in [0.25, 0.3) is 0 Å². The van der Waals surface area contributed by atoms with Crippen LogP contribution in [0.2, 0.25) is 0 Å². The molecule has 0 fully saturated rings. The van der Waals surface area contributed by atoms with Crippen molar-refractivity contribution in [2.75, 3.05) is 13.1 Å². The molecule has 0 aliphatic heterocycles. The molecule has 1 atom stereocenters. The Balaban J connectivity index is 2.03. The van der Waals surface area contributed by atoms with Crippen LogP contribution < -0.4 is 10.6 Å². The highest BCUT2D eigenvalue weighted by Crippen LogP contribution is 2.18. The van der Waals surface area contributed by atoms with Crippen LogP contribution in [0.5, 0.6) is 0 Å². The lowest BCUT2D eigenvalue weighted by Gasteiger charge is -2.25. The van der Waals surface area contributed by atoms with Crippen molar-refractivity contribution in [2.45, 2.75) is 32.9 Å². The van der Waals surface area contributed by atoms with Crippen LogP contribution in [0.3, 0.4) is 0 Å². The van der Waals surface area contributed by atoms with Crippen LogP contribution in [0.1, 0.15) is 30.5 Å². The molecule has 0 radical (unpaired) electrons. The van der Waals surface area contributed by atoms with Gasteiger partial charge in [-0.15, -0.1) is 0 Å². The molecule has 25 heavy (non-hydrogen) atoms. The Morgan fingerprint density at radius 1 is 1.16 bits per heavy atom. The number of aryl methyl sites for hydroxylation is 1. The third-order valence-electron chi connectivity index (χ3n) is 3.98. The summed E-state index contributed by atoms with van der Waals surface area (Å²) in [5.74, 6) is 0.400.